The highest BCUT2D eigenvalue weighted by Crippen LogP contribution is 2.38. The Bertz CT molecular complexity index is 1360. The van der Waals surface area contributed by atoms with Crippen molar-refractivity contribution >= 4 is 23.3 Å². The molecule has 0 bridgehead atoms. The van der Waals surface area contributed by atoms with E-state index in [1.165, 1.54) is 18.2 Å². The quantitative estimate of drug-likeness (QED) is 0.0953. The van der Waals surface area contributed by atoms with Crippen LogP contribution in [0.1, 0.15) is 12.5 Å². The van der Waals surface area contributed by atoms with Crippen molar-refractivity contribution in [3.8, 4) is 17.2 Å². The number of nitro benzene ring substituents is 2. The lowest BCUT2D eigenvalue weighted by Gasteiger charge is -2.12. The molecular weight excluding hydrogens is 499 g/mol. The number of anilines is 1. The fourth-order valence-corrected chi connectivity index (χ4v) is 2.80. The normalized spacial score (nSPS) is 10.9. The lowest BCUT2D eigenvalue weighted by molar-refractivity contribution is -0.394. The van der Waals surface area contributed by atoms with Crippen molar-refractivity contribution in [2.75, 3.05) is 12.0 Å². The molecule has 0 aromatic heterocycles. The molecule has 0 unspecified atom stereocenters. The highest BCUT2D eigenvalue weighted by molar-refractivity contribution is 5.81. The maximum Gasteiger partial charge on any atom is 0.318 e. The molecule has 15 heteroatoms. The first kappa shape index (κ1) is 25.8. The topological polar surface area (TPSA) is 129 Å². The van der Waals surface area contributed by atoms with Gasteiger partial charge >= 0.3 is 5.69 Å². The molecule has 0 atom stereocenters. The summed E-state index contributed by atoms with van der Waals surface area (Å²) in [4.78, 5) is 20.5. The summed E-state index contributed by atoms with van der Waals surface area (Å²) in [6, 6.07) is 6.69. The van der Waals surface area contributed by atoms with Crippen molar-refractivity contribution in [3.63, 3.8) is 0 Å². The predicted molar refractivity (Wildman–Crippen MR) is 115 cm³/mol. The zero-order valence-corrected chi connectivity index (χ0v) is 17.9. The van der Waals surface area contributed by atoms with Crippen LogP contribution < -0.4 is 14.9 Å². The fraction of sp³-hybridized carbons (Fsp3) is 0.0952. The number of hydrazone groups is 1. The molecule has 188 valence electrons. The van der Waals surface area contributed by atoms with Crippen molar-refractivity contribution in [2.45, 2.75) is 6.92 Å². The summed E-state index contributed by atoms with van der Waals surface area (Å²) in [5.41, 5.74) is -0.603. The van der Waals surface area contributed by atoms with Crippen LogP contribution in [0.2, 0.25) is 0 Å². The van der Waals surface area contributed by atoms with E-state index in [9.17, 15) is 42.2 Å². The molecule has 3 aromatic rings. The van der Waals surface area contributed by atoms with Crippen LogP contribution in [0.5, 0.6) is 17.2 Å². The third kappa shape index (κ3) is 5.29. The van der Waals surface area contributed by atoms with E-state index >= 15 is 0 Å². The summed E-state index contributed by atoms with van der Waals surface area (Å²) in [5.74, 6) is -11.1. The van der Waals surface area contributed by atoms with Crippen molar-refractivity contribution in [2.24, 2.45) is 5.10 Å². The van der Waals surface area contributed by atoms with Crippen LogP contribution in [0.15, 0.2) is 41.5 Å². The third-order valence-electron chi connectivity index (χ3n) is 4.44. The van der Waals surface area contributed by atoms with E-state index in [2.05, 4.69) is 5.10 Å². The Kier molecular flexibility index (Phi) is 7.61. The molecule has 0 aliphatic rings. The van der Waals surface area contributed by atoms with E-state index < -0.39 is 56.0 Å². The molecule has 10 nitrogen and oxygen atoms in total. The summed E-state index contributed by atoms with van der Waals surface area (Å²) in [7, 11) is 0. The zero-order valence-electron chi connectivity index (χ0n) is 17.9. The number of halogens is 5. The van der Waals surface area contributed by atoms with E-state index in [1.54, 1.807) is 12.3 Å². The second kappa shape index (κ2) is 10.6. The lowest BCUT2D eigenvalue weighted by Crippen LogP contribution is -2.06. The lowest BCUT2D eigenvalue weighted by atomic mass is 10.2. The molecule has 0 aliphatic carbocycles. The van der Waals surface area contributed by atoms with Gasteiger partial charge in [0.15, 0.2) is 34.8 Å². The van der Waals surface area contributed by atoms with Crippen molar-refractivity contribution < 1.29 is 41.3 Å². The average molecular weight is 512 g/mol. The largest absolute Gasteiger partial charge is 0.490 e. The van der Waals surface area contributed by atoms with E-state index in [4.69, 9.17) is 9.47 Å². The SMILES string of the molecule is CCOc1cc(C=NNc2c(F)c(F)c(F)c(F)c2F)ccc1Oc1ccc([N+](=O)[O-])cc1[N+](=O)[O-]. The second-order valence-corrected chi connectivity index (χ2v) is 6.72. The van der Waals surface area contributed by atoms with Gasteiger partial charge in [-0.2, -0.15) is 5.10 Å². The van der Waals surface area contributed by atoms with Gasteiger partial charge in [-0.3, -0.25) is 25.7 Å². The highest BCUT2D eigenvalue weighted by Gasteiger charge is 2.26. The first-order valence-electron chi connectivity index (χ1n) is 9.73. The molecule has 36 heavy (non-hydrogen) atoms. The molecule has 0 radical (unpaired) electrons. The van der Waals surface area contributed by atoms with Crippen LogP contribution in [0.4, 0.5) is 39.0 Å². The molecule has 0 aliphatic heterocycles. The average Bonchev–Trinajstić information content (AvgIpc) is 2.85. The molecule has 0 heterocycles. The van der Waals surface area contributed by atoms with E-state index in [0.29, 0.717) is 0 Å². The van der Waals surface area contributed by atoms with Crippen molar-refractivity contribution in [1.29, 1.82) is 0 Å². The minimum Gasteiger partial charge on any atom is -0.490 e. The number of rotatable bonds is 9. The minimum atomic E-state index is -2.32. The highest BCUT2D eigenvalue weighted by atomic mass is 19.2. The van der Waals surface area contributed by atoms with Gasteiger partial charge in [0.25, 0.3) is 5.69 Å². The first-order valence-corrected chi connectivity index (χ1v) is 9.73. The van der Waals surface area contributed by atoms with Gasteiger partial charge in [-0.05, 0) is 36.8 Å². The van der Waals surface area contributed by atoms with Gasteiger partial charge in [0.1, 0.15) is 5.69 Å². The second-order valence-electron chi connectivity index (χ2n) is 6.72. The number of benzene rings is 3. The number of ether oxygens (including phenoxy) is 2. The molecule has 0 saturated carbocycles. The van der Waals surface area contributed by atoms with E-state index in [1.807, 2.05) is 0 Å². The molecule has 3 aromatic carbocycles. The summed E-state index contributed by atoms with van der Waals surface area (Å²) < 4.78 is 78.1. The van der Waals surface area contributed by atoms with Crippen LogP contribution in [-0.2, 0) is 0 Å². The number of hydrogen-bond acceptors (Lipinski definition) is 8. The van der Waals surface area contributed by atoms with Gasteiger partial charge in [-0.25, -0.2) is 22.0 Å². The fourth-order valence-electron chi connectivity index (χ4n) is 2.80. The third-order valence-corrected chi connectivity index (χ3v) is 4.44. The van der Waals surface area contributed by atoms with Crippen LogP contribution in [-0.4, -0.2) is 22.7 Å². The molecular formula is C21H13F5N4O6. The molecule has 0 spiro atoms. The molecule has 3 rings (SSSR count). The van der Waals surface area contributed by atoms with Crippen molar-refractivity contribution in [1.82, 2.24) is 0 Å². The zero-order chi connectivity index (χ0) is 26.6. The summed E-state index contributed by atoms with van der Waals surface area (Å²) >= 11 is 0. The predicted octanol–water partition coefficient (Wildman–Crippen LogP) is 5.84. The summed E-state index contributed by atoms with van der Waals surface area (Å²) in [6.45, 7) is 1.73. The number of nitro groups is 2. The van der Waals surface area contributed by atoms with Crippen LogP contribution in [0.25, 0.3) is 0 Å². The smallest absolute Gasteiger partial charge is 0.318 e. The Morgan fingerprint density at radius 2 is 1.47 bits per heavy atom. The monoisotopic (exact) mass is 512 g/mol. The molecule has 0 fully saturated rings. The molecule has 0 amide bonds. The number of nitrogens with one attached hydrogen (secondary N) is 1. The number of hydrogen-bond donors (Lipinski definition) is 1. The maximum absolute atomic E-state index is 13.7. The summed E-state index contributed by atoms with van der Waals surface area (Å²) in [6.07, 6.45) is 0.971. The standard InChI is InChI=1S/C21H13F5N4O6/c1-2-35-15-7-10(9-27-28-21-19(25)17(23)16(22)18(24)20(21)26)3-5-14(15)36-13-6-4-11(29(31)32)8-12(13)30(33)34/h3-9,28H,2H2,1H3. The Labute approximate surface area is 197 Å². The van der Waals surface area contributed by atoms with Gasteiger partial charge in [0, 0.05) is 6.07 Å². The number of non-ortho nitro benzene ring substituents is 1. The van der Waals surface area contributed by atoms with Crippen molar-refractivity contribution in [3.05, 3.63) is 91.3 Å². The minimum absolute atomic E-state index is 0.0290. The van der Waals surface area contributed by atoms with E-state index in [-0.39, 0.29) is 29.4 Å². The Morgan fingerprint density at radius 1 is 0.861 bits per heavy atom. The van der Waals surface area contributed by atoms with Crippen LogP contribution >= 0.6 is 0 Å². The van der Waals surface area contributed by atoms with Gasteiger partial charge < -0.3 is 9.47 Å². The van der Waals surface area contributed by atoms with E-state index in [0.717, 1.165) is 24.4 Å². The Hall–Kier alpha value is -4.82. The Balaban J connectivity index is 1.89. The maximum atomic E-state index is 13.7. The first-order chi connectivity index (χ1) is 17.0. The molecule has 0 saturated heterocycles. The van der Waals surface area contributed by atoms with Crippen LogP contribution in [0.3, 0.4) is 0 Å². The Morgan fingerprint density at radius 3 is 2.06 bits per heavy atom. The van der Waals surface area contributed by atoms with Gasteiger partial charge in [-0.15, -0.1) is 0 Å². The summed E-state index contributed by atoms with van der Waals surface area (Å²) in [5, 5.41) is 25.7. The van der Waals surface area contributed by atoms with Crippen LogP contribution in [0, 0.1) is 49.3 Å². The number of nitrogens with zero attached hydrogens (tertiary/aromatic N) is 3. The molecule has 1 N–H and O–H groups in total. The van der Waals surface area contributed by atoms with Gasteiger partial charge in [0.05, 0.1) is 28.7 Å². The van der Waals surface area contributed by atoms with Gasteiger partial charge in [-0.1, -0.05) is 0 Å². The van der Waals surface area contributed by atoms with Gasteiger partial charge in [0.2, 0.25) is 11.6 Å².